The minimum absolute atomic E-state index is 0.314. The van der Waals surface area contributed by atoms with Crippen LogP contribution < -0.4 is 5.32 Å². The van der Waals surface area contributed by atoms with Gasteiger partial charge >= 0.3 is 0 Å². The molecule has 4 heteroatoms. The molecule has 0 amide bonds. The summed E-state index contributed by atoms with van der Waals surface area (Å²) in [6, 6.07) is 24.2. The molecule has 0 unspecified atom stereocenters. The molecule has 0 aliphatic heterocycles. The molecule has 0 saturated carbocycles. The van der Waals surface area contributed by atoms with Gasteiger partial charge in [0.1, 0.15) is 6.10 Å². The van der Waals surface area contributed by atoms with Crippen LogP contribution in [-0.2, 0) is 0 Å². The Morgan fingerprint density at radius 3 is 1.71 bits per heavy atom. The SMILES string of the molecule is O[C@@H](c1ccc(Cl)cc1)[C@H](Nc1ccccc1)c1ccc(Cl)cc1. The van der Waals surface area contributed by atoms with Gasteiger partial charge in [0, 0.05) is 15.7 Å². The van der Waals surface area contributed by atoms with Crippen LogP contribution in [0.4, 0.5) is 5.69 Å². The van der Waals surface area contributed by atoms with Gasteiger partial charge in [0.05, 0.1) is 6.04 Å². The van der Waals surface area contributed by atoms with E-state index < -0.39 is 6.10 Å². The molecule has 0 spiro atoms. The van der Waals surface area contributed by atoms with Crippen molar-refractivity contribution in [2.24, 2.45) is 0 Å². The van der Waals surface area contributed by atoms with E-state index in [-0.39, 0.29) is 6.04 Å². The van der Waals surface area contributed by atoms with Gasteiger partial charge in [-0.15, -0.1) is 0 Å². The topological polar surface area (TPSA) is 32.3 Å². The molecule has 0 heterocycles. The predicted octanol–water partition coefficient (Wildman–Crippen LogP) is 5.88. The van der Waals surface area contributed by atoms with Crippen LogP contribution >= 0.6 is 23.2 Å². The van der Waals surface area contributed by atoms with Crippen molar-refractivity contribution in [1.29, 1.82) is 0 Å². The van der Waals surface area contributed by atoms with Gasteiger partial charge in [0.15, 0.2) is 0 Å². The van der Waals surface area contributed by atoms with Crippen molar-refractivity contribution in [3.63, 3.8) is 0 Å². The average Bonchev–Trinajstić information content (AvgIpc) is 2.62. The summed E-state index contributed by atoms with van der Waals surface area (Å²) in [5.41, 5.74) is 2.68. The van der Waals surface area contributed by atoms with Crippen LogP contribution in [0.1, 0.15) is 23.3 Å². The number of halogens is 2. The van der Waals surface area contributed by atoms with Crippen molar-refractivity contribution in [1.82, 2.24) is 0 Å². The van der Waals surface area contributed by atoms with Gasteiger partial charge in [-0.05, 0) is 47.5 Å². The van der Waals surface area contributed by atoms with E-state index in [1.165, 1.54) is 0 Å². The number of aliphatic hydroxyl groups is 1. The highest BCUT2D eigenvalue weighted by Crippen LogP contribution is 2.33. The van der Waals surface area contributed by atoms with Gasteiger partial charge in [-0.25, -0.2) is 0 Å². The van der Waals surface area contributed by atoms with E-state index in [2.05, 4.69) is 5.32 Å². The molecule has 3 aromatic carbocycles. The van der Waals surface area contributed by atoms with Gasteiger partial charge in [0.2, 0.25) is 0 Å². The molecular weight excluding hydrogens is 341 g/mol. The first kappa shape index (κ1) is 16.8. The first-order chi connectivity index (χ1) is 11.6. The lowest BCUT2D eigenvalue weighted by molar-refractivity contribution is 0.155. The molecule has 0 saturated heterocycles. The van der Waals surface area contributed by atoms with E-state index in [1.54, 1.807) is 12.1 Å². The first-order valence-electron chi connectivity index (χ1n) is 7.64. The Morgan fingerprint density at radius 1 is 0.667 bits per heavy atom. The number of anilines is 1. The first-order valence-corrected chi connectivity index (χ1v) is 8.39. The van der Waals surface area contributed by atoms with Crippen LogP contribution in [0.3, 0.4) is 0 Å². The van der Waals surface area contributed by atoms with Crippen molar-refractivity contribution >= 4 is 28.9 Å². The van der Waals surface area contributed by atoms with E-state index in [9.17, 15) is 5.11 Å². The lowest BCUT2D eigenvalue weighted by Crippen LogP contribution is -2.19. The third-order valence-corrected chi connectivity index (χ3v) is 4.36. The summed E-state index contributed by atoms with van der Waals surface area (Å²) < 4.78 is 0. The zero-order chi connectivity index (χ0) is 16.9. The summed E-state index contributed by atoms with van der Waals surface area (Å²) in [5, 5.41) is 15.6. The largest absolute Gasteiger partial charge is 0.386 e. The molecule has 0 fully saturated rings. The molecule has 3 rings (SSSR count). The fourth-order valence-corrected chi connectivity index (χ4v) is 2.83. The summed E-state index contributed by atoms with van der Waals surface area (Å²) in [5.74, 6) is 0. The Morgan fingerprint density at radius 2 is 1.17 bits per heavy atom. The number of benzene rings is 3. The van der Waals surface area contributed by atoms with Crippen molar-refractivity contribution in [3.05, 3.63) is 100 Å². The Hall–Kier alpha value is -2.00. The van der Waals surface area contributed by atoms with Gasteiger partial charge in [0.25, 0.3) is 0 Å². The molecule has 24 heavy (non-hydrogen) atoms. The molecule has 2 nitrogen and oxygen atoms in total. The highest BCUT2D eigenvalue weighted by molar-refractivity contribution is 6.30. The minimum Gasteiger partial charge on any atom is -0.386 e. The van der Waals surface area contributed by atoms with Crippen LogP contribution in [-0.4, -0.2) is 5.11 Å². The van der Waals surface area contributed by atoms with Crippen LogP contribution in [0.25, 0.3) is 0 Å². The molecular formula is C20H17Cl2NO. The second kappa shape index (κ2) is 7.71. The third kappa shape index (κ3) is 4.09. The van der Waals surface area contributed by atoms with Crippen LogP contribution in [0.15, 0.2) is 78.9 Å². The van der Waals surface area contributed by atoms with Crippen molar-refractivity contribution in [2.45, 2.75) is 12.1 Å². The highest BCUT2D eigenvalue weighted by atomic mass is 35.5. The van der Waals surface area contributed by atoms with Crippen LogP contribution in [0.2, 0.25) is 10.0 Å². The van der Waals surface area contributed by atoms with Crippen molar-refractivity contribution in [3.8, 4) is 0 Å². The maximum Gasteiger partial charge on any atom is 0.103 e. The fraction of sp³-hybridized carbons (Fsp3) is 0.100. The predicted molar refractivity (Wildman–Crippen MR) is 101 cm³/mol. The maximum absolute atomic E-state index is 10.9. The second-order valence-electron chi connectivity index (χ2n) is 5.54. The van der Waals surface area contributed by atoms with Crippen LogP contribution in [0, 0.1) is 0 Å². The Kier molecular flexibility index (Phi) is 5.41. The molecule has 3 aromatic rings. The van der Waals surface area contributed by atoms with Gasteiger partial charge < -0.3 is 10.4 Å². The lowest BCUT2D eigenvalue weighted by Gasteiger charge is -2.26. The average molecular weight is 358 g/mol. The summed E-state index contributed by atoms with van der Waals surface area (Å²) in [6.45, 7) is 0. The van der Waals surface area contributed by atoms with Gasteiger partial charge in [-0.3, -0.25) is 0 Å². The second-order valence-corrected chi connectivity index (χ2v) is 6.41. The smallest absolute Gasteiger partial charge is 0.103 e. The number of aliphatic hydroxyl groups excluding tert-OH is 1. The summed E-state index contributed by atoms with van der Waals surface area (Å²) in [7, 11) is 0. The standard InChI is InChI=1S/C20H17Cl2NO/c21-16-10-6-14(7-11-16)19(23-18-4-2-1-3-5-18)20(24)15-8-12-17(22)13-9-15/h1-13,19-20,23-24H/t19-,20+/m1/s1. The molecule has 122 valence electrons. The molecule has 2 atom stereocenters. The minimum atomic E-state index is -0.733. The zero-order valence-corrected chi connectivity index (χ0v) is 14.4. The Labute approximate surface area is 151 Å². The van der Waals surface area contributed by atoms with Crippen molar-refractivity contribution < 1.29 is 5.11 Å². The monoisotopic (exact) mass is 357 g/mol. The van der Waals surface area contributed by atoms with Crippen LogP contribution in [0.5, 0.6) is 0 Å². The molecule has 0 bridgehead atoms. The number of rotatable bonds is 5. The van der Waals surface area contributed by atoms with Crippen molar-refractivity contribution in [2.75, 3.05) is 5.32 Å². The van der Waals surface area contributed by atoms with E-state index in [0.717, 1.165) is 16.8 Å². The van der Waals surface area contributed by atoms with E-state index in [1.807, 2.05) is 66.7 Å². The summed E-state index contributed by atoms with van der Waals surface area (Å²) in [4.78, 5) is 0. The summed E-state index contributed by atoms with van der Waals surface area (Å²) >= 11 is 11.9. The fourth-order valence-electron chi connectivity index (χ4n) is 2.58. The quantitative estimate of drug-likeness (QED) is 0.597. The highest BCUT2D eigenvalue weighted by Gasteiger charge is 2.22. The van der Waals surface area contributed by atoms with E-state index in [4.69, 9.17) is 23.2 Å². The number of hydrogen-bond acceptors (Lipinski definition) is 2. The van der Waals surface area contributed by atoms with E-state index >= 15 is 0 Å². The normalized spacial score (nSPS) is 13.3. The van der Waals surface area contributed by atoms with E-state index in [0.29, 0.717) is 10.0 Å². The maximum atomic E-state index is 10.9. The number of nitrogens with one attached hydrogen (secondary N) is 1. The molecule has 0 aromatic heterocycles. The molecule has 0 aliphatic carbocycles. The van der Waals surface area contributed by atoms with Gasteiger partial charge in [-0.2, -0.15) is 0 Å². The Balaban J connectivity index is 1.94. The molecule has 0 aliphatic rings. The zero-order valence-electron chi connectivity index (χ0n) is 12.9. The third-order valence-electron chi connectivity index (χ3n) is 3.85. The summed E-state index contributed by atoms with van der Waals surface area (Å²) in [6.07, 6.45) is -0.733. The molecule has 2 N–H and O–H groups in total. The van der Waals surface area contributed by atoms with Gasteiger partial charge in [-0.1, -0.05) is 65.7 Å². The number of hydrogen-bond donors (Lipinski definition) is 2. The molecule has 0 radical (unpaired) electrons. The lowest BCUT2D eigenvalue weighted by atomic mass is 9.95. The number of para-hydroxylation sites is 1. The Bertz CT molecular complexity index is 773.